The second-order valence-corrected chi connectivity index (χ2v) is 11.3. The number of carbonyl (C=O) groups is 1. The van der Waals surface area contributed by atoms with Crippen molar-refractivity contribution in [1.29, 1.82) is 0 Å². The van der Waals surface area contributed by atoms with Crippen molar-refractivity contribution >= 4 is 61.9 Å². The van der Waals surface area contributed by atoms with Crippen LogP contribution in [0.5, 0.6) is 5.75 Å². The lowest BCUT2D eigenvalue weighted by Gasteiger charge is -2.25. The van der Waals surface area contributed by atoms with E-state index in [0.717, 1.165) is 24.9 Å². The highest BCUT2D eigenvalue weighted by Crippen LogP contribution is 2.33. The van der Waals surface area contributed by atoms with Crippen LogP contribution in [0.25, 0.3) is 6.08 Å². The second kappa shape index (κ2) is 10.8. The van der Waals surface area contributed by atoms with E-state index < -0.39 is 12.0 Å². The molecule has 0 saturated heterocycles. The number of allylic oxidation sites excluding steroid dienone is 1. The minimum Gasteiger partial charge on any atom is -0.489 e. The van der Waals surface area contributed by atoms with Gasteiger partial charge in [0.2, 0.25) is 0 Å². The number of hydrogen-bond donors (Lipinski definition) is 0. The molecule has 182 valence electrons. The average molecular weight is 667 g/mol. The quantitative estimate of drug-likeness (QED) is 0.276. The molecule has 9 heteroatoms. The van der Waals surface area contributed by atoms with Crippen molar-refractivity contribution in [1.82, 2.24) is 4.57 Å². The number of thiazole rings is 1. The highest BCUT2D eigenvalue weighted by molar-refractivity contribution is 14.1. The summed E-state index contributed by atoms with van der Waals surface area (Å²) in [7, 11) is 1.35. The van der Waals surface area contributed by atoms with Crippen molar-refractivity contribution in [2.45, 2.75) is 39.3 Å². The fourth-order valence-corrected chi connectivity index (χ4v) is 6.69. The van der Waals surface area contributed by atoms with E-state index >= 15 is 0 Å². The molecule has 0 saturated carbocycles. The van der Waals surface area contributed by atoms with E-state index in [1.165, 1.54) is 18.4 Å². The van der Waals surface area contributed by atoms with E-state index in [2.05, 4.69) is 38.5 Å². The molecule has 0 fully saturated rings. The lowest BCUT2D eigenvalue weighted by molar-refractivity contribution is -0.136. The Morgan fingerprint density at radius 3 is 2.63 bits per heavy atom. The van der Waals surface area contributed by atoms with E-state index in [1.807, 2.05) is 69.3 Å². The Balaban J connectivity index is 2.00. The number of rotatable bonds is 6. The number of carbonyl (C=O) groups excluding carboxylic acids is 1. The van der Waals surface area contributed by atoms with Gasteiger partial charge in [-0.1, -0.05) is 64.5 Å². The van der Waals surface area contributed by atoms with Gasteiger partial charge in [0.25, 0.3) is 5.56 Å². The van der Waals surface area contributed by atoms with Crippen LogP contribution in [0.15, 0.2) is 68.0 Å². The van der Waals surface area contributed by atoms with Crippen molar-refractivity contribution in [3.63, 3.8) is 0 Å². The third-order valence-corrected chi connectivity index (χ3v) is 7.68. The van der Waals surface area contributed by atoms with Gasteiger partial charge in [-0.25, -0.2) is 9.79 Å². The molecular formula is C26H24BrIN2O4S. The summed E-state index contributed by atoms with van der Waals surface area (Å²) in [5.41, 5.74) is 2.41. The third kappa shape index (κ3) is 5.17. The maximum atomic E-state index is 13.8. The molecule has 1 aliphatic heterocycles. The maximum Gasteiger partial charge on any atom is 0.338 e. The fourth-order valence-electron chi connectivity index (χ4n) is 4.00. The molecule has 0 aliphatic carbocycles. The van der Waals surface area contributed by atoms with Crippen LogP contribution in [-0.2, 0) is 9.53 Å². The third-order valence-electron chi connectivity index (χ3n) is 5.44. The van der Waals surface area contributed by atoms with Gasteiger partial charge in [0.15, 0.2) is 4.80 Å². The Kier molecular flexibility index (Phi) is 7.97. The van der Waals surface area contributed by atoms with Gasteiger partial charge < -0.3 is 9.47 Å². The monoisotopic (exact) mass is 666 g/mol. The minimum atomic E-state index is -0.619. The second-order valence-electron chi connectivity index (χ2n) is 8.17. The van der Waals surface area contributed by atoms with Crippen LogP contribution in [0.3, 0.4) is 0 Å². The molecule has 0 unspecified atom stereocenters. The number of fused-ring (bicyclic) bond motifs is 1. The normalized spacial score (nSPS) is 15.7. The summed E-state index contributed by atoms with van der Waals surface area (Å²) in [6, 6.07) is 12.8. The van der Waals surface area contributed by atoms with Crippen LogP contribution >= 0.6 is 49.9 Å². The first kappa shape index (κ1) is 25.8. The number of aromatic nitrogens is 1. The van der Waals surface area contributed by atoms with Gasteiger partial charge in [0, 0.05) is 10.0 Å². The zero-order valence-electron chi connectivity index (χ0n) is 19.7. The largest absolute Gasteiger partial charge is 0.489 e. The molecule has 0 amide bonds. The van der Waals surface area contributed by atoms with E-state index in [-0.39, 0.29) is 11.7 Å². The van der Waals surface area contributed by atoms with Gasteiger partial charge in [-0.15, -0.1) is 0 Å². The molecule has 35 heavy (non-hydrogen) atoms. The minimum absolute atomic E-state index is 0.0223. The summed E-state index contributed by atoms with van der Waals surface area (Å²) >= 11 is 7.09. The topological polar surface area (TPSA) is 69.9 Å². The number of methoxy groups -OCH3 is 1. The zero-order valence-corrected chi connectivity index (χ0v) is 24.2. The molecule has 0 spiro atoms. The Bertz CT molecular complexity index is 1490. The molecule has 0 radical (unpaired) electrons. The smallest absolute Gasteiger partial charge is 0.338 e. The van der Waals surface area contributed by atoms with Crippen molar-refractivity contribution in [2.24, 2.45) is 4.99 Å². The molecule has 1 atom stereocenters. The van der Waals surface area contributed by atoms with Crippen LogP contribution in [0.1, 0.15) is 44.4 Å². The zero-order chi connectivity index (χ0) is 25.3. The van der Waals surface area contributed by atoms with Crippen molar-refractivity contribution in [3.8, 4) is 5.75 Å². The molecule has 3 aromatic rings. The predicted molar refractivity (Wildman–Crippen MR) is 149 cm³/mol. The first-order chi connectivity index (χ1) is 16.7. The molecular weight excluding hydrogens is 643 g/mol. The Hall–Kier alpha value is -2.24. The molecule has 2 heterocycles. The van der Waals surface area contributed by atoms with Crippen LogP contribution in [0.2, 0.25) is 0 Å². The maximum absolute atomic E-state index is 13.8. The van der Waals surface area contributed by atoms with E-state index in [0.29, 0.717) is 27.0 Å². The van der Waals surface area contributed by atoms with Crippen LogP contribution < -0.4 is 19.6 Å². The van der Waals surface area contributed by atoms with E-state index in [4.69, 9.17) is 14.5 Å². The van der Waals surface area contributed by atoms with Crippen molar-refractivity contribution < 1.29 is 14.3 Å². The number of benzene rings is 2. The number of halogens is 2. The van der Waals surface area contributed by atoms with E-state index in [1.54, 1.807) is 4.57 Å². The van der Waals surface area contributed by atoms with Crippen LogP contribution in [0.4, 0.5) is 0 Å². The molecule has 2 aromatic carbocycles. The van der Waals surface area contributed by atoms with Gasteiger partial charge in [0.1, 0.15) is 5.75 Å². The predicted octanol–water partition coefficient (Wildman–Crippen LogP) is 4.95. The van der Waals surface area contributed by atoms with Gasteiger partial charge in [-0.2, -0.15) is 0 Å². The summed E-state index contributed by atoms with van der Waals surface area (Å²) in [5, 5.41) is 0. The summed E-state index contributed by atoms with van der Waals surface area (Å²) in [6.45, 7) is 5.88. The molecule has 4 rings (SSSR count). The lowest BCUT2D eigenvalue weighted by atomic mass is 9.95. The standard InChI is InChI=1S/C26H24BrIN2O4S/c1-5-19-21(25(32)33-4)22(15-9-7-6-8-10-15)30-24(31)20(35-26(30)29-19)12-16-11-17(27)13-18(28)23(16)34-14(2)3/h6-14,22H,5H2,1-4H3/b20-12+/t22-/m1/s1. The van der Waals surface area contributed by atoms with Gasteiger partial charge in [0.05, 0.1) is 38.6 Å². The molecule has 0 bridgehead atoms. The average Bonchev–Trinajstić information content (AvgIpc) is 3.14. The number of nitrogens with zero attached hydrogens (tertiary/aromatic N) is 2. The van der Waals surface area contributed by atoms with Gasteiger partial charge in [-0.3, -0.25) is 9.36 Å². The summed E-state index contributed by atoms with van der Waals surface area (Å²) in [4.78, 5) is 32.0. The van der Waals surface area contributed by atoms with Crippen LogP contribution in [-0.4, -0.2) is 23.8 Å². The van der Waals surface area contributed by atoms with Gasteiger partial charge in [-0.05, 0) is 66.6 Å². The van der Waals surface area contributed by atoms with Crippen molar-refractivity contribution in [2.75, 3.05) is 7.11 Å². The highest BCUT2D eigenvalue weighted by Gasteiger charge is 2.33. The fraction of sp³-hybridized carbons (Fsp3) is 0.269. The Morgan fingerprint density at radius 2 is 2.00 bits per heavy atom. The van der Waals surface area contributed by atoms with E-state index in [9.17, 15) is 9.59 Å². The summed E-state index contributed by atoms with van der Waals surface area (Å²) in [6.07, 6.45) is 2.35. The number of ether oxygens (including phenoxy) is 2. The number of esters is 1. The van der Waals surface area contributed by atoms with Gasteiger partial charge >= 0.3 is 5.97 Å². The summed E-state index contributed by atoms with van der Waals surface area (Å²) in [5.74, 6) is 0.238. The number of hydrogen-bond acceptors (Lipinski definition) is 6. The first-order valence-electron chi connectivity index (χ1n) is 11.1. The van der Waals surface area contributed by atoms with Crippen molar-refractivity contribution in [3.05, 3.63) is 92.6 Å². The summed E-state index contributed by atoms with van der Waals surface area (Å²) < 4.78 is 15.1. The molecule has 6 nitrogen and oxygen atoms in total. The lowest BCUT2D eigenvalue weighted by Crippen LogP contribution is -2.40. The first-order valence-corrected chi connectivity index (χ1v) is 13.8. The SMILES string of the molecule is CCC1=C(C(=O)OC)[C@@H](c2ccccc2)n2c(s/c(=C/c3cc(Br)cc(I)c3OC(C)C)c2=O)=N1. The molecule has 0 N–H and O–H groups in total. The molecule has 1 aromatic heterocycles. The Morgan fingerprint density at radius 1 is 1.29 bits per heavy atom. The Labute approximate surface area is 229 Å². The molecule has 1 aliphatic rings. The highest BCUT2D eigenvalue weighted by atomic mass is 127. The van der Waals surface area contributed by atoms with Crippen LogP contribution in [0, 0.1) is 3.57 Å².